The van der Waals surface area contributed by atoms with Gasteiger partial charge in [-0.3, -0.25) is 4.90 Å². The van der Waals surface area contributed by atoms with Gasteiger partial charge in [0.2, 0.25) is 5.89 Å². The van der Waals surface area contributed by atoms with E-state index < -0.39 is 5.97 Å². The molecule has 0 unspecified atom stereocenters. The lowest BCUT2D eigenvalue weighted by Crippen LogP contribution is -2.32. The molecule has 1 aromatic heterocycles. The fraction of sp³-hybridized carbons (Fsp3) is 0.636. The second kappa shape index (κ2) is 4.65. The summed E-state index contributed by atoms with van der Waals surface area (Å²) in [5.74, 6) is 0.240. The Labute approximate surface area is 94.1 Å². The molecule has 1 N–H and O–H groups in total. The number of nitrogens with zero attached hydrogens (tertiary/aromatic N) is 2. The molecular formula is C11H16N2O3. The maximum atomic E-state index is 10.6. The Morgan fingerprint density at radius 2 is 2.31 bits per heavy atom. The van der Waals surface area contributed by atoms with Gasteiger partial charge in [0.1, 0.15) is 6.26 Å². The van der Waals surface area contributed by atoms with Crippen molar-refractivity contribution in [1.82, 2.24) is 9.88 Å². The minimum absolute atomic E-state index is 0.0135. The van der Waals surface area contributed by atoms with Crippen LogP contribution in [0.2, 0.25) is 0 Å². The van der Waals surface area contributed by atoms with Crippen molar-refractivity contribution in [3.05, 3.63) is 17.8 Å². The standard InChI is InChI=1S/C11H16N2O3/c1-8-2-4-13(5-3-8)6-10-12-9(7-16-10)11(14)15/h7-8H,2-6H2,1H3,(H,14,15). The molecule has 0 spiro atoms. The number of oxazole rings is 1. The lowest BCUT2D eigenvalue weighted by atomic mass is 9.99. The predicted octanol–water partition coefficient (Wildman–Crippen LogP) is 1.60. The third-order valence-electron chi connectivity index (χ3n) is 3.01. The first-order chi connectivity index (χ1) is 7.65. The molecule has 0 aliphatic carbocycles. The van der Waals surface area contributed by atoms with Crippen LogP contribution in [0.3, 0.4) is 0 Å². The second-order valence-electron chi connectivity index (χ2n) is 4.39. The molecule has 1 saturated heterocycles. The highest BCUT2D eigenvalue weighted by Crippen LogP contribution is 2.17. The highest BCUT2D eigenvalue weighted by atomic mass is 16.4. The maximum absolute atomic E-state index is 10.6. The quantitative estimate of drug-likeness (QED) is 0.844. The van der Waals surface area contributed by atoms with Crippen molar-refractivity contribution in [3.8, 4) is 0 Å². The molecule has 5 heteroatoms. The van der Waals surface area contributed by atoms with Crippen molar-refractivity contribution in [2.45, 2.75) is 26.3 Å². The summed E-state index contributed by atoms with van der Waals surface area (Å²) in [7, 11) is 0. The van der Waals surface area contributed by atoms with Crippen LogP contribution in [0.5, 0.6) is 0 Å². The van der Waals surface area contributed by atoms with E-state index in [1.807, 2.05) is 0 Å². The van der Waals surface area contributed by atoms with E-state index in [4.69, 9.17) is 9.52 Å². The number of rotatable bonds is 3. The van der Waals surface area contributed by atoms with Crippen LogP contribution in [-0.4, -0.2) is 34.0 Å². The Balaban J connectivity index is 1.91. The number of aromatic carboxylic acids is 1. The van der Waals surface area contributed by atoms with Crippen LogP contribution in [0.1, 0.15) is 36.1 Å². The molecule has 16 heavy (non-hydrogen) atoms. The summed E-state index contributed by atoms with van der Waals surface area (Å²) >= 11 is 0. The minimum atomic E-state index is -1.04. The molecule has 1 aromatic rings. The molecule has 0 bridgehead atoms. The van der Waals surface area contributed by atoms with Gasteiger partial charge >= 0.3 is 5.97 Å². The SMILES string of the molecule is CC1CCN(Cc2nc(C(=O)O)co2)CC1. The number of aromatic nitrogens is 1. The molecule has 1 aliphatic heterocycles. The first-order valence-electron chi connectivity index (χ1n) is 5.55. The van der Waals surface area contributed by atoms with E-state index in [-0.39, 0.29) is 5.69 Å². The summed E-state index contributed by atoms with van der Waals surface area (Å²) in [6.45, 7) is 4.93. The summed E-state index contributed by atoms with van der Waals surface area (Å²) < 4.78 is 5.12. The van der Waals surface area contributed by atoms with Gasteiger partial charge in [0.25, 0.3) is 0 Å². The molecule has 2 rings (SSSR count). The Kier molecular flexibility index (Phi) is 3.24. The van der Waals surface area contributed by atoms with Crippen LogP contribution in [0.15, 0.2) is 10.7 Å². The zero-order valence-electron chi connectivity index (χ0n) is 9.35. The number of carboxylic acid groups (broad SMARTS) is 1. The molecule has 0 saturated carbocycles. The van der Waals surface area contributed by atoms with Gasteiger partial charge in [-0.2, -0.15) is 0 Å². The van der Waals surface area contributed by atoms with Crippen LogP contribution in [0.25, 0.3) is 0 Å². The van der Waals surface area contributed by atoms with E-state index in [1.54, 1.807) is 0 Å². The van der Waals surface area contributed by atoms with Gasteiger partial charge in [-0.1, -0.05) is 6.92 Å². The van der Waals surface area contributed by atoms with E-state index >= 15 is 0 Å². The lowest BCUT2D eigenvalue weighted by molar-refractivity contribution is 0.0690. The third kappa shape index (κ3) is 2.61. The average molecular weight is 224 g/mol. The summed E-state index contributed by atoms with van der Waals surface area (Å²) in [6.07, 6.45) is 3.57. The van der Waals surface area contributed by atoms with Gasteiger partial charge in [-0.15, -0.1) is 0 Å². The number of carboxylic acids is 1. The number of hydrogen-bond acceptors (Lipinski definition) is 4. The molecule has 2 heterocycles. The highest BCUT2D eigenvalue weighted by Gasteiger charge is 2.18. The van der Waals surface area contributed by atoms with Gasteiger partial charge in [0, 0.05) is 0 Å². The number of piperidine rings is 1. The minimum Gasteiger partial charge on any atom is -0.476 e. The van der Waals surface area contributed by atoms with E-state index in [0.29, 0.717) is 12.4 Å². The molecular weight excluding hydrogens is 208 g/mol. The Morgan fingerprint density at radius 3 is 2.88 bits per heavy atom. The molecule has 5 nitrogen and oxygen atoms in total. The summed E-state index contributed by atoms with van der Waals surface area (Å²) in [5.41, 5.74) is -0.0135. The van der Waals surface area contributed by atoms with Crippen molar-refractivity contribution in [1.29, 1.82) is 0 Å². The van der Waals surface area contributed by atoms with Crippen LogP contribution in [-0.2, 0) is 6.54 Å². The zero-order valence-corrected chi connectivity index (χ0v) is 9.35. The molecule has 1 aliphatic rings. The van der Waals surface area contributed by atoms with Gasteiger partial charge in [-0.05, 0) is 31.8 Å². The molecule has 88 valence electrons. The maximum Gasteiger partial charge on any atom is 0.357 e. The highest BCUT2D eigenvalue weighted by molar-refractivity contribution is 5.84. The summed E-state index contributed by atoms with van der Waals surface area (Å²) in [4.78, 5) is 16.8. The van der Waals surface area contributed by atoms with Gasteiger partial charge < -0.3 is 9.52 Å². The first kappa shape index (κ1) is 11.1. The topological polar surface area (TPSA) is 66.6 Å². The Morgan fingerprint density at radius 1 is 1.62 bits per heavy atom. The summed E-state index contributed by atoms with van der Waals surface area (Å²) in [5, 5.41) is 8.70. The summed E-state index contributed by atoms with van der Waals surface area (Å²) in [6, 6.07) is 0. The van der Waals surface area contributed by atoms with Crippen LogP contribution >= 0.6 is 0 Å². The Hall–Kier alpha value is -1.36. The molecule has 0 atom stereocenters. The average Bonchev–Trinajstić information content (AvgIpc) is 2.70. The van der Waals surface area contributed by atoms with E-state index in [0.717, 1.165) is 19.0 Å². The van der Waals surface area contributed by atoms with E-state index in [9.17, 15) is 4.79 Å². The lowest BCUT2D eigenvalue weighted by Gasteiger charge is -2.28. The monoisotopic (exact) mass is 224 g/mol. The van der Waals surface area contributed by atoms with Crippen molar-refractivity contribution in [2.24, 2.45) is 5.92 Å². The number of likely N-dealkylation sites (tertiary alicyclic amines) is 1. The van der Waals surface area contributed by atoms with Gasteiger partial charge in [-0.25, -0.2) is 9.78 Å². The molecule has 0 aromatic carbocycles. The predicted molar refractivity (Wildman–Crippen MR) is 57.1 cm³/mol. The molecule has 1 fully saturated rings. The van der Waals surface area contributed by atoms with Crippen molar-refractivity contribution >= 4 is 5.97 Å². The second-order valence-corrected chi connectivity index (χ2v) is 4.39. The van der Waals surface area contributed by atoms with E-state index in [1.165, 1.54) is 19.1 Å². The normalized spacial score (nSPS) is 18.8. The van der Waals surface area contributed by atoms with Crippen molar-refractivity contribution in [2.75, 3.05) is 13.1 Å². The van der Waals surface area contributed by atoms with Crippen molar-refractivity contribution < 1.29 is 14.3 Å². The Bertz CT molecular complexity index is 367. The van der Waals surface area contributed by atoms with Crippen molar-refractivity contribution in [3.63, 3.8) is 0 Å². The first-order valence-corrected chi connectivity index (χ1v) is 5.55. The van der Waals surface area contributed by atoms with Crippen LogP contribution in [0.4, 0.5) is 0 Å². The largest absolute Gasteiger partial charge is 0.476 e. The number of hydrogen-bond donors (Lipinski definition) is 1. The van der Waals surface area contributed by atoms with Crippen LogP contribution in [0, 0.1) is 5.92 Å². The fourth-order valence-electron chi connectivity index (χ4n) is 1.89. The number of carbonyl (C=O) groups is 1. The van der Waals surface area contributed by atoms with Gasteiger partial charge in [0.15, 0.2) is 5.69 Å². The zero-order chi connectivity index (χ0) is 11.5. The van der Waals surface area contributed by atoms with E-state index in [2.05, 4.69) is 16.8 Å². The third-order valence-corrected chi connectivity index (χ3v) is 3.01. The smallest absolute Gasteiger partial charge is 0.357 e. The van der Waals surface area contributed by atoms with Gasteiger partial charge in [0.05, 0.1) is 6.54 Å². The fourth-order valence-corrected chi connectivity index (χ4v) is 1.89. The molecule has 0 amide bonds. The molecule has 0 radical (unpaired) electrons. The van der Waals surface area contributed by atoms with Crippen LogP contribution < -0.4 is 0 Å².